The second-order valence-corrected chi connectivity index (χ2v) is 29.8. The zero-order chi connectivity index (χ0) is 79.8. The van der Waals surface area contributed by atoms with Crippen molar-refractivity contribution >= 4 is 120 Å². The molecule has 0 aliphatic rings. The topological polar surface area (TPSA) is 683 Å². The molecule has 0 amide bonds. The maximum absolute atomic E-state index is 14.7. The van der Waals surface area contributed by atoms with E-state index in [1.54, 1.807) is 0 Å². The fourth-order valence-corrected chi connectivity index (χ4v) is 13.5. The Morgan fingerprint density at radius 1 is 0.426 bits per heavy atom. The average Bonchev–Trinajstić information content (AvgIpc) is 1.44. The number of rotatable bonds is 22. The van der Waals surface area contributed by atoms with Gasteiger partial charge in [-0.1, -0.05) is 12.1 Å². The van der Waals surface area contributed by atoms with Gasteiger partial charge in [0.2, 0.25) is 9.84 Å². The van der Waals surface area contributed by atoms with Crippen molar-refractivity contribution < 1.29 is 227 Å². The number of H-pyrrole nitrogens is 6. The van der Waals surface area contributed by atoms with Crippen molar-refractivity contribution in [1.29, 1.82) is 0 Å². The van der Waals surface area contributed by atoms with Crippen LogP contribution in [0.25, 0.3) is 23.3 Å². The van der Waals surface area contributed by atoms with Gasteiger partial charge in [-0.05, 0) is 156 Å². The van der Waals surface area contributed by atoms with Gasteiger partial charge in [-0.2, -0.15) is 26.8 Å². The van der Waals surface area contributed by atoms with Gasteiger partial charge in [0.05, 0.1) is 100 Å². The predicted molar refractivity (Wildman–Crippen MR) is 360 cm³/mol. The quantitative estimate of drug-likeness (QED) is 0.0130. The molecule has 10 N–H and O–H groups in total. The molecule has 6 aromatic carbocycles. The minimum Gasteiger partial charge on any atom is -0.744 e. The van der Waals surface area contributed by atoms with Gasteiger partial charge in [-0.25, -0.2) is 73.3 Å². The maximum Gasteiger partial charge on any atom is 1.00 e. The van der Waals surface area contributed by atoms with Gasteiger partial charge in [0.15, 0.2) is 22.8 Å². The summed E-state index contributed by atoms with van der Waals surface area (Å²) in [6, 6.07) is 27.6. The van der Waals surface area contributed by atoms with Crippen LogP contribution in [0.5, 0.6) is 0 Å². The average molecular weight is 1700 g/mol. The van der Waals surface area contributed by atoms with Crippen LogP contribution in [-0.2, 0) is 50.3 Å². The zero-order valence-corrected chi connectivity index (χ0v) is 70.7. The van der Waals surface area contributed by atoms with Crippen molar-refractivity contribution in [2.75, 3.05) is 0 Å². The van der Waals surface area contributed by atoms with Crippen LogP contribution in [0.2, 0.25) is 0 Å². The molecule has 12 aromatic rings. The molecule has 564 valence electrons. The van der Waals surface area contributed by atoms with Crippen LogP contribution >= 0.6 is 0 Å². The Bertz CT molecular complexity index is 6680. The molecule has 0 atom stereocenters. The van der Waals surface area contributed by atoms with Crippen LogP contribution < -0.4 is 171 Å². The smallest absolute Gasteiger partial charge is 0.744 e. The number of aromatic amines is 6. The first-order chi connectivity index (χ1) is 52.3. The molecular weight excluding hydrogens is 1660 g/mol. The fraction of sp³-hybridized carbons (Fsp3) is 0. The van der Waals surface area contributed by atoms with Crippen molar-refractivity contribution in [1.82, 2.24) is 49.5 Å². The minimum atomic E-state index is -5.45. The van der Waals surface area contributed by atoms with Gasteiger partial charge in [0, 0.05) is 11.1 Å². The second kappa shape index (κ2) is 36.1. The standard InChI is InChI=1S/C62H42N20O24S5.4Na/c83-51-47(49(55(89)90)77-81(51)37-13-17-39(18-14-37)108(95,96)97)75-73-43-27-35(11-21-45(43)110(101,102)103)65-59-67-57(69-61(71-59)79-23-3-5-31(29-79)53(85)86)63-33-7-1-9-41(25-33)107(93,94)42-10-2-8-34(26-42)64-58-68-60(72-62(70-58)80-24-4-6-32(30-80)54(87)88)66-36-12-22-46(111(104,105)106)44(28-36)74-76-48-50(56(91)92)78-82(52(48)84)38-15-19-40(20-16-38)109(98,99)100;;;;/h1-30H,(H12-2,63,64,65,66,67,68,69,70,71,72,73,74,77,78,83,84,85,86,87,88,89,90,91,92,95,96,97,98,99,100,101,102,103,104,105,106);;;;/q;4*+1/p-2. The summed E-state index contributed by atoms with van der Waals surface area (Å²) in [6.45, 7) is 0. The van der Waals surface area contributed by atoms with Crippen molar-refractivity contribution in [3.05, 3.63) is 248 Å². The summed E-state index contributed by atoms with van der Waals surface area (Å²) in [5, 5.41) is 63.2. The van der Waals surface area contributed by atoms with E-state index >= 15 is 0 Å². The van der Waals surface area contributed by atoms with E-state index in [1.165, 1.54) is 73.1 Å². The molecule has 115 heavy (non-hydrogen) atoms. The van der Waals surface area contributed by atoms with Gasteiger partial charge in [0.25, 0.3) is 42.6 Å². The number of nitrogens with zero attached hydrogens (tertiary/aromatic N) is 14. The number of aromatic nitrogens is 12. The molecule has 53 heteroatoms. The molecule has 0 aliphatic heterocycles. The molecule has 0 fully saturated rings. The number of carboxylic acid groups (broad SMARTS) is 4. The summed E-state index contributed by atoms with van der Waals surface area (Å²) in [7, 11) is -24.9. The SMILES string of the molecule is O=C([O-])c1ccc[n+](-c2nc(=Nc3cccc(S(=O)(=O)c4cccc(N=c5nc(-[n+]6cccc(C(=O)[O-])c6)[nH]c(=Nc6ccc(S(=O)(=O)[O-])c(N=Nc7c(C(=O)O)[nH]n(-c8ccc(S(=O)(=O)O)cc8)c7=O)c6)[nH]5)c4)c3)[nH]c(=Nc3ccc(S(=O)(=O)[O-])c(N=Nc4c(C(=O)O)[nH]n(-c5ccc(S(=O)(=O)O)cc5)c4=O)c3)[nH]2)c1.[Na+].[Na+].[Na+].[Na+]. The van der Waals surface area contributed by atoms with Crippen molar-refractivity contribution in [3.8, 4) is 23.3 Å². The van der Waals surface area contributed by atoms with E-state index in [9.17, 15) is 109 Å². The molecule has 6 aromatic heterocycles. The number of aromatic carboxylic acids is 4. The van der Waals surface area contributed by atoms with Crippen molar-refractivity contribution in [2.24, 2.45) is 40.4 Å². The third-order valence-electron chi connectivity index (χ3n) is 15.0. The Morgan fingerprint density at radius 2 is 0.783 bits per heavy atom. The number of carbonyl (C=O) groups is 4. The van der Waals surface area contributed by atoms with Crippen LogP contribution in [0.4, 0.5) is 45.5 Å². The number of carbonyl (C=O) groups excluding carboxylic acids is 2. The van der Waals surface area contributed by atoms with E-state index in [0.717, 1.165) is 119 Å². The van der Waals surface area contributed by atoms with E-state index in [2.05, 4.69) is 80.5 Å². The Morgan fingerprint density at radius 3 is 1.11 bits per heavy atom. The first kappa shape index (κ1) is 90.1. The molecule has 0 radical (unpaired) electrons. The monoisotopic (exact) mass is 1700 g/mol. The van der Waals surface area contributed by atoms with Crippen LogP contribution in [0, 0.1) is 0 Å². The van der Waals surface area contributed by atoms with Crippen LogP contribution in [0.3, 0.4) is 0 Å². The van der Waals surface area contributed by atoms with Crippen molar-refractivity contribution in [2.45, 2.75) is 29.4 Å². The van der Waals surface area contributed by atoms with Crippen LogP contribution in [0.1, 0.15) is 41.7 Å². The number of sulfone groups is 1. The Labute approximate surface area is 729 Å². The minimum absolute atomic E-state index is 0. The number of nitrogens with one attached hydrogen (secondary N) is 6. The summed E-state index contributed by atoms with van der Waals surface area (Å²) in [6.07, 6.45) is 4.78. The number of benzene rings is 6. The van der Waals surface area contributed by atoms with E-state index in [1.807, 2.05) is 0 Å². The third-order valence-corrected chi connectivity index (χ3v) is 20.3. The number of azo groups is 2. The molecule has 0 unspecified atom stereocenters. The summed E-state index contributed by atoms with van der Waals surface area (Å²) < 4.78 is 173. The molecule has 6 heterocycles. The number of pyridine rings is 2. The maximum atomic E-state index is 14.7. The summed E-state index contributed by atoms with van der Waals surface area (Å²) in [4.78, 5) is 109. The second-order valence-electron chi connectivity index (χ2n) is 22.3. The molecule has 0 aliphatic carbocycles. The molecule has 0 spiro atoms. The van der Waals surface area contributed by atoms with Gasteiger partial charge < -0.3 is 39.1 Å². The van der Waals surface area contributed by atoms with Crippen molar-refractivity contribution in [3.63, 3.8) is 0 Å². The van der Waals surface area contributed by atoms with Gasteiger partial charge in [-0.15, -0.1) is 20.5 Å². The zero-order valence-electron chi connectivity index (χ0n) is 58.6. The van der Waals surface area contributed by atoms with Gasteiger partial charge in [-0.3, -0.25) is 38.9 Å². The fourth-order valence-electron chi connectivity index (χ4n) is 9.97. The first-order valence-electron chi connectivity index (χ1n) is 30.2. The summed E-state index contributed by atoms with van der Waals surface area (Å²) in [5.74, 6) is -7.32. The Kier molecular flexibility index (Phi) is 28.3. The summed E-state index contributed by atoms with van der Waals surface area (Å²) >= 11 is 0. The van der Waals surface area contributed by atoms with E-state index in [4.69, 9.17) is 0 Å². The molecule has 0 saturated carbocycles. The Balaban J connectivity index is 0.00000413. The number of hydrogen-bond acceptors (Lipinski definition) is 30. The van der Waals surface area contributed by atoms with Crippen LogP contribution in [0.15, 0.2) is 262 Å². The van der Waals surface area contributed by atoms with Gasteiger partial charge >= 0.3 is 153 Å². The predicted octanol–water partition coefficient (Wildman–Crippen LogP) is -11.7. The Hall–Kier alpha value is -10.5. The molecule has 0 saturated heterocycles. The van der Waals surface area contributed by atoms with Crippen LogP contribution in [-0.4, -0.2) is 144 Å². The summed E-state index contributed by atoms with van der Waals surface area (Å²) in [5.41, 5.74) is -11.2. The largest absolute Gasteiger partial charge is 1.00 e. The molecule has 0 bridgehead atoms. The van der Waals surface area contributed by atoms with Gasteiger partial charge in [0.1, 0.15) is 31.6 Å². The third kappa shape index (κ3) is 21.0. The molecular formula is C62H40N20Na4O24S5+2. The number of hydrogen-bond donors (Lipinski definition) is 10. The molecule has 44 nitrogen and oxygen atoms in total. The number of carboxylic acids is 4. The first-order valence-corrected chi connectivity index (χ1v) is 37.4. The van der Waals surface area contributed by atoms with E-state index < -0.39 is 160 Å². The van der Waals surface area contributed by atoms with E-state index in [-0.39, 0.29) is 187 Å². The normalized spacial score (nSPS) is 12.6. The van der Waals surface area contributed by atoms with E-state index in [0.29, 0.717) is 9.36 Å². The molecule has 12 rings (SSSR count).